The summed E-state index contributed by atoms with van der Waals surface area (Å²) in [6.07, 6.45) is -2.75. The van der Waals surface area contributed by atoms with Crippen molar-refractivity contribution in [3.8, 4) is 0 Å². The van der Waals surface area contributed by atoms with Gasteiger partial charge in [0, 0.05) is 6.04 Å². The number of hydrogen-bond acceptors (Lipinski definition) is 1. The van der Waals surface area contributed by atoms with Gasteiger partial charge in [-0.3, -0.25) is 0 Å². The van der Waals surface area contributed by atoms with E-state index in [2.05, 4.69) is 0 Å². The van der Waals surface area contributed by atoms with Crippen LogP contribution in [0.2, 0.25) is 0 Å². The van der Waals surface area contributed by atoms with Crippen LogP contribution in [0.4, 0.5) is 13.2 Å². The highest BCUT2D eigenvalue weighted by atomic mass is 19.4. The quantitative estimate of drug-likeness (QED) is 0.841. The predicted molar refractivity (Wildman–Crippen MR) is 58.0 cm³/mol. The van der Waals surface area contributed by atoms with Crippen LogP contribution in [0.1, 0.15) is 42.5 Å². The molecule has 1 aromatic rings. The van der Waals surface area contributed by atoms with Crippen molar-refractivity contribution < 1.29 is 13.2 Å². The fourth-order valence-electron chi connectivity index (χ4n) is 1.83. The lowest BCUT2D eigenvalue weighted by Gasteiger charge is -2.18. The molecule has 2 N–H and O–H groups in total. The average Bonchev–Trinajstić information content (AvgIpc) is 2.16. The van der Waals surface area contributed by atoms with Gasteiger partial charge in [-0.25, -0.2) is 0 Å². The molecule has 0 radical (unpaired) electrons. The molecule has 0 aliphatic heterocycles. The molecule has 0 aliphatic carbocycles. The molecule has 0 amide bonds. The number of alkyl halides is 3. The van der Waals surface area contributed by atoms with E-state index in [4.69, 9.17) is 5.73 Å². The molecular weight excluding hydrogens is 215 g/mol. The van der Waals surface area contributed by atoms with Gasteiger partial charge in [-0.05, 0) is 30.5 Å². The molecule has 0 spiro atoms. The van der Waals surface area contributed by atoms with E-state index in [1.807, 2.05) is 6.92 Å². The van der Waals surface area contributed by atoms with Gasteiger partial charge in [0.15, 0.2) is 0 Å². The first kappa shape index (κ1) is 13.0. The first-order valence-corrected chi connectivity index (χ1v) is 5.30. The van der Waals surface area contributed by atoms with Crippen LogP contribution in [0.3, 0.4) is 0 Å². The summed E-state index contributed by atoms with van der Waals surface area (Å²) >= 11 is 0. The maximum absolute atomic E-state index is 12.6. The molecule has 1 atom stereocenters. The van der Waals surface area contributed by atoms with Gasteiger partial charge in [-0.1, -0.05) is 25.5 Å². The van der Waals surface area contributed by atoms with Crippen molar-refractivity contribution >= 4 is 0 Å². The Labute approximate surface area is 93.5 Å². The van der Waals surface area contributed by atoms with E-state index >= 15 is 0 Å². The van der Waals surface area contributed by atoms with E-state index in [9.17, 15) is 13.2 Å². The third-order valence-electron chi connectivity index (χ3n) is 2.68. The third kappa shape index (κ3) is 2.76. The summed E-state index contributed by atoms with van der Waals surface area (Å²) in [5, 5.41) is 0. The summed E-state index contributed by atoms with van der Waals surface area (Å²) in [6, 6.07) is 3.87. The smallest absolute Gasteiger partial charge is 0.324 e. The summed E-state index contributed by atoms with van der Waals surface area (Å²) < 4.78 is 37.9. The van der Waals surface area contributed by atoms with Crippen LogP contribution >= 0.6 is 0 Å². The van der Waals surface area contributed by atoms with Gasteiger partial charge in [-0.2, -0.15) is 13.2 Å². The molecule has 0 aromatic heterocycles. The van der Waals surface area contributed by atoms with E-state index in [1.165, 1.54) is 13.0 Å². The second-order valence-electron chi connectivity index (χ2n) is 3.91. The topological polar surface area (TPSA) is 26.0 Å². The molecule has 4 heteroatoms. The van der Waals surface area contributed by atoms with E-state index in [0.29, 0.717) is 12.0 Å². The van der Waals surface area contributed by atoms with Crippen molar-refractivity contribution in [1.82, 2.24) is 0 Å². The fraction of sp³-hybridized carbons (Fsp3) is 0.500. The molecular formula is C12H16F3N. The van der Waals surface area contributed by atoms with Crippen molar-refractivity contribution in [3.05, 3.63) is 34.9 Å². The Balaban J connectivity index is 3.14. The van der Waals surface area contributed by atoms with Crippen molar-refractivity contribution in [2.45, 2.75) is 38.9 Å². The number of benzene rings is 1. The van der Waals surface area contributed by atoms with Gasteiger partial charge in [0.05, 0.1) is 5.56 Å². The minimum absolute atomic E-state index is 0.246. The molecule has 1 nitrogen and oxygen atoms in total. The number of hydrogen-bond donors (Lipinski definition) is 1. The Morgan fingerprint density at radius 3 is 2.44 bits per heavy atom. The second-order valence-corrected chi connectivity index (χ2v) is 3.91. The summed E-state index contributed by atoms with van der Waals surface area (Å²) in [7, 11) is 0. The van der Waals surface area contributed by atoms with Gasteiger partial charge in [0.25, 0.3) is 0 Å². The van der Waals surface area contributed by atoms with E-state index in [1.54, 1.807) is 6.07 Å². The Hall–Kier alpha value is -1.03. The predicted octanol–water partition coefficient (Wildman–Crippen LogP) is 3.81. The summed E-state index contributed by atoms with van der Waals surface area (Å²) in [5.74, 6) is 0. The van der Waals surface area contributed by atoms with Gasteiger partial charge >= 0.3 is 6.18 Å². The van der Waals surface area contributed by atoms with Crippen LogP contribution in [-0.4, -0.2) is 0 Å². The largest absolute Gasteiger partial charge is 0.416 e. The van der Waals surface area contributed by atoms with E-state index in [0.717, 1.165) is 12.5 Å². The Morgan fingerprint density at radius 2 is 1.94 bits per heavy atom. The van der Waals surface area contributed by atoms with Gasteiger partial charge in [-0.15, -0.1) is 0 Å². The van der Waals surface area contributed by atoms with E-state index < -0.39 is 11.7 Å². The van der Waals surface area contributed by atoms with Crippen molar-refractivity contribution in [3.63, 3.8) is 0 Å². The molecule has 0 saturated heterocycles. The summed E-state index contributed by atoms with van der Waals surface area (Å²) in [5.41, 5.74) is 6.11. The Bertz CT molecular complexity index is 358. The lowest BCUT2D eigenvalue weighted by Crippen LogP contribution is -2.15. The van der Waals surface area contributed by atoms with Crippen LogP contribution in [0, 0.1) is 6.92 Å². The highest BCUT2D eigenvalue weighted by molar-refractivity contribution is 5.37. The third-order valence-corrected chi connectivity index (χ3v) is 2.68. The SMILES string of the molecule is CCC[C@@H](N)c1cccc(C(F)(F)F)c1C. The normalized spacial score (nSPS) is 13.9. The minimum Gasteiger partial charge on any atom is -0.324 e. The Morgan fingerprint density at radius 1 is 1.31 bits per heavy atom. The molecule has 1 rings (SSSR count). The number of rotatable bonds is 3. The monoisotopic (exact) mass is 231 g/mol. The maximum atomic E-state index is 12.6. The van der Waals surface area contributed by atoms with Crippen LogP contribution in [0.15, 0.2) is 18.2 Å². The van der Waals surface area contributed by atoms with Crippen molar-refractivity contribution in [2.24, 2.45) is 5.73 Å². The highest BCUT2D eigenvalue weighted by Gasteiger charge is 2.33. The molecule has 0 aliphatic rings. The molecule has 0 unspecified atom stereocenters. The summed E-state index contributed by atoms with van der Waals surface area (Å²) in [4.78, 5) is 0. The molecule has 16 heavy (non-hydrogen) atoms. The Kier molecular flexibility index (Phi) is 3.97. The van der Waals surface area contributed by atoms with Crippen molar-refractivity contribution in [2.75, 3.05) is 0 Å². The zero-order valence-corrected chi connectivity index (χ0v) is 9.43. The highest BCUT2D eigenvalue weighted by Crippen LogP contribution is 2.34. The first-order valence-electron chi connectivity index (χ1n) is 5.30. The zero-order valence-electron chi connectivity index (χ0n) is 9.43. The van der Waals surface area contributed by atoms with E-state index in [-0.39, 0.29) is 11.6 Å². The molecule has 0 saturated carbocycles. The molecule has 90 valence electrons. The van der Waals surface area contributed by atoms with Crippen LogP contribution in [-0.2, 0) is 6.18 Å². The molecule has 0 bridgehead atoms. The second kappa shape index (κ2) is 4.87. The van der Waals surface area contributed by atoms with Gasteiger partial charge in [0.1, 0.15) is 0 Å². The van der Waals surface area contributed by atoms with Crippen LogP contribution < -0.4 is 5.73 Å². The van der Waals surface area contributed by atoms with Crippen molar-refractivity contribution in [1.29, 1.82) is 0 Å². The van der Waals surface area contributed by atoms with Gasteiger partial charge < -0.3 is 5.73 Å². The lowest BCUT2D eigenvalue weighted by molar-refractivity contribution is -0.138. The molecule has 0 heterocycles. The standard InChI is InChI=1S/C12H16F3N/c1-3-5-11(16)9-6-4-7-10(8(9)2)12(13,14)15/h4,6-7,11H,3,5,16H2,1-2H3/t11-/m1/s1. The zero-order chi connectivity index (χ0) is 12.3. The van der Waals surface area contributed by atoms with Crippen LogP contribution in [0.25, 0.3) is 0 Å². The number of halogens is 3. The molecule has 1 aromatic carbocycles. The maximum Gasteiger partial charge on any atom is 0.416 e. The van der Waals surface area contributed by atoms with Gasteiger partial charge in [0.2, 0.25) is 0 Å². The number of nitrogens with two attached hydrogens (primary N) is 1. The fourth-order valence-corrected chi connectivity index (χ4v) is 1.83. The lowest BCUT2D eigenvalue weighted by atomic mass is 9.94. The molecule has 0 fully saturated rings. The minimum atomic E-state index is -4.30. The van der Waals surface area contributed by atoms with Crippen LogP contribution in [0.5, 0.6) is 0 Å². The average molecular weight is 231 g/mol. The first-order chi connectivity index (χ1) is 7.38. The summed E-state index contributed by atoms with van der Waals surface area (Å²) in [6.45, 7) is 3.44.